The van der Waals surface area contributed by atoms with Gasteiger partial charge >= 0.3 is 0 Å². The number of hydrogen-bond donors (Lipinski definition) is 4. The average Bonchev–Trinajstić information content (AvgIpc) is 2.55. The minimum absolute atomic E-state index is 0.136. The van der Waals surface area contributed by atoms with E-state index in [9.17, 15) is 0 Å². The topological polar surface area (TPSA) is 90.2 Å². The van der Waals surface area contributed by atoms with Gasteiger partial charge in [0.1, 0.15) is 11.5 Å². The molecule has 0 saturated carbocycles. The number of hydrogen-bond acceptors (Lipinski definition) is 5. The van der Waals surface area contributed by atoms with Crippen LogP contribution in [0.4, 0.5) is 0 Å². The molecule has 0 heterocycles. The number of fused-ring (bicyclic) bond motifs is 1. The number of ether oxygens (including phenoxy) is 1. The van der Waals surface area contributed by atoms with Gasteiger partial charge in [-0.15, -0.1) is 23.2 Å². The first-order chi connectivity index (χ1) is 11.0. The van der Waals surface area contributed by atoms with E-state index in [4.69, 9.17) is 48.4 Å². The molecule has 4 N–H and O–H groups in total. The summed E-state index contributed by atoms with van der Waals surface area (Å²) >= 11 is 10.6. The van der Waals surface area contributed by atoms with Crippen LogP contribution < -0.4 is 0 Å². The molecule has 128 valence electrons. The molecule has 0 aromatic heterocycles. The maximum Gasteiger partial charge on any atom is 0.116 e. The Bertz CT molecular complexity index is 542. The third-order valence-electron chi connectivity index (χ3n) is 2.78. The second kappa shape index (κ2) is 10.5. The number of benzene rings is 2. The molecule has 23 heavy (non-hydrogen) atoms. The molecule has 0 radical (unpaired) electrons. The van der Waals surface area contributed by atoms with Gasteiger partial charge in [0.2, 0.25) is 0 Å². The molecule has 2 rings (SSSR count). The molecule has 5 nitrogen and oxygen atoms in total. The molecule has 0 saturated heterocycles. The van der Waals surface area contributed by atoms with E-state index in [0.717, 1.165) is 10.8 Å². The molecule has 0 aliphatic rings. The van der Waals surface area contributed by atoms with Crippen molar-refractivity contribution in [2.75, 3.05) is 25.0 Å². The Balaban J connectivity index is 0.000000232. The van der Waals surface area contributed by atoms with Crippen molar-refractivity contribution >= 4 is 34.0 Å². The maximum atomic E-state index is 9.14. The molecular weight excluding hydrogens is 343 g/mol. The largest absolute Gasteiger partial charge is 0.508 e. The van der Waals surface area contributed by atoms with Crippen molar-refractivity contribution in [3.63, 3.8) is 0 Å². The lowest BCUT2D eigenvalue weighted by atomic mass is 10.1. The fraction of sp³-hybridized carbons (Fsp3) is 0.375. The van der Waals surface area contributed by atoms with Crippen LogP contribution in [0.15, 0.2) is 36.4 Å². The summed E-state index contributed by atoms with van der Waals surface area (Å²) in [6.45, 7) is 0.273. The summed E-state index contributed by atoms with van der Waals surface area (Å²) in [5, 5.41) is 37.9. The maximum absolute atomic E-state index is 9.14. The first-order valence-electron chi connectivity index (χ1n) is 6.93. The lowest BCUT2D eigenvalue weighted by molar-refractivity contribution is 0.00593. The third-order valence-corrected chi connectivity index (χ3v) is 3.50. The molecule has 2 aromatic rings. The van der Waals surface area contributed by atoms with Crippen molar-refractivity contribution in [3.8, 4) is 11.5 Å². The smallest absolute Gasteiger partial charge is 0.116 e. The van der Waals surface area contributed by atoms with Crippen LogP contribution in [0, 0.1) is 0 Å². The molecular formula is C16H20Cl2O5. The molecule has 2 aromatic carbocycles. The Kier molecular flexibility index (Phi) is 9.06. The predicted molar refractivity (Wildman–Crippen MR) is 91.6 cm³/mol. The van der Waals surface area contributed by atoms with Crippen molar-refractivity contribution in [1.29, 1.82) is 0 Å². The second-order valence-corrected chi connectivity index (χ2v) is 5.49. The summed E-state index contributed by atoms with van der Waals surface area (Å²) in [7, 11) is 0. The number of phenols is 2. The van der Waals surface area contributed by atoms with E-state index < -0.39 is 12.2 Å². The normalized spacial score (nSPS) is 13.2. The summed E-state index contributed by atoms with van der Waals surface area (Å²) in [6.07, 6.45) is -1.33. The van der Waals surface area contributed by atoms with Gasteiger partial charge in [-0.25, -0.2) is 0 Å². The highest BCUT2D eigenvalue weighted by Crippen LogP contribution is 2.23. The summed E-state index contributed by atoms with van der Waals surface area (Å²) < 4.78 is 4.87. The SMILES string of the molecule is OC(CCl)COCC(O)CCl.Oc1ccc2cc(O)ccc2c1. The highest BCUT2D eigenvalue weighted by molar-refractivity contribution is 6.18. The van der Waals surface area contributed by atoms with Gasteiger partial charge < -0.3 is 25.2 Å². The molecule has 0 amide bonds. The van der Waals surface area contributed by atoms with Crippen LogP contribution in [0.1, 0.15) is 0 Å². The van der Waals surface area contributed by atoms with Crippen LogP contribution >= 0.6 is 23.2 Å². The van der Waals surface area contributed by atoms with Gasteiger partial charge in [0.15, 0.2) is 0 Å². The van der Waals surface area contributed by atoms with Crippen LogP contribution in [-0.2, 0) is 4.74 Å². The minimum Gasteiger partial charge on any atom is -0.508 e. The number of halogens is 2. The molecule has 0 aliphatic carbocycles. The summed E-state index contributed by atoms with van der Waals surface area (Å²) in [5.74, 6) is 0.759. The van der Waals surface area contributed by atoms with E-state index in [1.165, 1.54) is 0 Å². The fourth-order valence-corrected chi connectivity index (χ4v) is 1.83. The number of aromatic hydroxyl groups is 2. The van der Waals surface area contributed by atoms with Crippen molar-refractivity contribution in [1.82, 2.24) is 0 Å². The van der Waals surface area contributed by atoms with Gasteiger partial charge in [-0.1, -0.05) is 12.1 Å². The van der Waals surface area contributed by atoms with Gasteiger partial charge in [-0.3, -0.25) is 0 Å². The summed E-state index contributed by atoms with van der Waals surface area (Å²) in [4.78, 5) is 0. The molecule has 0 fully saturated rings. The molecule has 2 atom stereocenters. The Morgan fingerprint density at radius 2 is 1.17 bits per heavy atom. The van der Waals surface area contributed by atoms with Crippen LogP contribution in [0.25, 0.3) is 10.8 Å². The second-order valence-electron chi connectivity index (χ2n) is 4.87. The predicted octanol–water partition coefficient (Wildman–Crippen LogP) is 2.45. The minimum atomic E-state index is -0.667. The van der Waals surface area contributed by atoms with Crippen LogP contribution in [-0.4, -0.2) is 57.6 Å². The number of aliphatic hydroxyl groups excluding tert-OH is 2. The number of rotatable bonds is 6. The number of alkyl halides is 2. The van der Waals surface area contributed by atoms with Gasteiger partial charge in [-0.05, 0) is 35.0 Å². The van der Waals surface area contributed by atoms with E-state index in [1.807, 2.05) is 0 Å². The summed E-state index contributed by atoms with van der Waals surface area (Å²) in [6, 6.07) is 10.1. The molecule has 0 spiro atoms. The zero-order valence-corrected chi connectivity index (χ0v) is 13.9. The van der Waals surface area contributed by atoms with Gasteiger partial charge in [0, 0.05) is 0 Å². The molecule has 0 bridgehead atoms. The van der Waals surface area contributed by atoms with Crippen molar-refractivity contribution in [3.05, 3.63) is 36.4 Å². The third kappa shape index (κ3) is 7.72. The Labute approximate surface area is 144 Å². The molecule has 0 aliphatic heterocycles. The fourth-order valence-electron chi connectivity index (χ4n) is 1.65. The Morgan fingerprint density at radius 1 is 0.783 bits per heavy atom. The van der Waals surface area contributed by atoms with E-state index in [-0.39, 0.29) is 36.5 Å². The Morgan fingerprint density at radius 3 is 1.52 bits per heavy atom. The van der Waals surface area contributed by atoms with E-state index in [2.05, 4.69) is 0 Å². The Hall–Kier alpha value is -1.24. The summed E-state index contributed by atoms with van der Waals surface area (Å²) in [5.41, 5.74) is 0. The lowest BCUT2D eigenvalue weighted by Gasteiger charge is -2.10. The average molecular weight is 363 g/mol. The van der Waals surface area contributed by atoms with Crippen LogP contribution in [0.2, 0.25) is 0 Å². The van der Waals surface area contributed by atoms with Crippen molar-refractivity contribution in [2.45, 2.75) is 12.2 Å². The van der Waals surface area contributed by atoms with Gasteiger partial charge in [0.05, 0.1) is 37.2 Å². The van der Waals surface area contributed by atoms with E-state index in [1.54, 1.807) is 36.4 Å². The van der Waals surface area contributed by atoms with E-state index >= 15 is 0 Å². The van der Waals surface area contributed by atoms with Gasteiger partial charge in [0.25, 0.3) is 0 Å². The monoisotopic (exact) mass is 362 g/mol. The van der Waals surface area contributed by atoms with Crippen LogP contribution in [0.3, 0.4) is 0 Å². The quantitative estimate of drug-likeness (QED) is 0.592. The highest BCUT2D eigenvalue weighted by Gasteiger charge is 2.05. The van der Waals surface area contributed by atoms with E-state index in [0.29, 0.717) is 0 Å². The molecule has 7 heteroatoms. The molecule has 2 unspecified atom stereocenters. The first kappa shape index (κ1) is 19.8. The van der Waals surface area contributed by atoms with Crippen molar-refractivity contribution < 1.29 is 25.2 Å². The first-order valence-corrected chi connectivity index (χ1v) is 8.00. The van der Waals surface area contributed by atoms with Crippen molar-refractivity contribution in [2.24, 2.45) is 0 Å². The standard InChI is InChI=1S/C10H8O2.C6H12Cl2O3/c11-9-3-1-7-5-10(12)4-2-8(7)6-9;7-1-5(9)3-11-4-6(10)2-8/h1-6,11-12H;5-6,9-10H,1-4H2. The number of phenolic OH excluding ortho intramolecular Hbond substituents is 2. The van der Waals surface area contributed by atoms with Gasteiger partial charge in [-0.2, -0.15) is 0 Å². The highest BCUT2D eigenvalue weighted by atomic mass is 35.5. The zero-order valence-electron chi connectivity index (χ0n) is 12.4. The van der Waals surface area contributed by atoms with Crippen LogP contribution in [0.5, 0.6) is 11.5 Å². The number of aliphatic hydroxyl groups is 2. The lowest BCUT2D eigenvalue weighted by Crippen LogP contribution is -2.23. The zero-order chi connectivity index (χ0) is 17.2.